The number of aliphatic hydroxyl groups is 4. The van der Waals surface area contributed by atoms with Crippen LogP contribution in [0.25, 0.3) is 0 Å². The normalized spacial score (nSPS) is 20.2. The monoisotopic (exact) mass is 1370 g/mol. The molecular weight excluding hydrogens is 1270 g/mol. The molecule has 10 rings (SSSR count). The summed E-state index contributed by atoms with van der Waals surface area (Å²) in [6, 6.07) is 78.9. The van der Waals surface area contributed by atoms with Crippen LogP contribution in [0.1, 0.15) is 58.4 Å². The number of carbonyl (C=O) groups excluding carboxylic acids is 2. The fraction of sp³-hybridized carbons (Fsp3) is 0.390. The first-order valence-electron chi connectivity index (χ1n) is 34.6. The summed E-state index contributed by atoms with van der Waals surface area (Å²) in [5, 5.41) is 37.8. The summed E-state index contributed by atoms with van der Waals surface area (Å²) in [6.45, 7) is 11.3. The highest BCUT2D eigenvalue weighted by molar-refractivity contribution is 5.85. The zero-order valence-electron chi connectivity index (χ0n) is 57.5. The molecule has 0 bridgehead atoms. The van der Waals surface area contributed by atoms with Gasteiger partial charge >= 0.3 is 0 Å². The summed E-state index contributed by atoms with van der Waals surface area (Å²) in [7, 11) is 0. The molecule has 0 aromatic heterocycles. The summed E-state index contributed by atoms with van der Waals surface area (Å²) in [6.07, 6.45) is -6.62. The Hall–Kier alpha value is -7.54. The number of nitrogens with zero attached hydrogens (tertiary/aromatic N) is 2. The molecule has 2 saturated heterocycles. The van der Waals surface area contributed by atoms with E-state index in [9.17, 15) is 24.9 Å². The zero-order valence-corrected chi connectivity index (χ0v) is 57.5. The predicted molar refractivity (Wildman–Crippen MR) is 382 cm³/mol. The van der Waals surface area contributed by atoms with Gasteiger partial charge in [-0.15, -0.1) is 0 Å². The Morgan fingerprint density at radius 2 is 0.800 bits per heavy atom. The van der Waals surface area contributed by atoms with Gasteiger partial charge in [0.25, 0.3) is 0 Å². The first kappa shape index (κ1) is 78.2. The number of hydrogen-bond acceptors (Lipinski definition) is 18. The molecule has 2 heterocycles. The van der Waals surface area contributed by atoms with Crippen molar-refractivity contribution in [2.45, 2.75) is 134 Å². The highest BCUT2D eigenvalue weighted by Crippen LogP contribution is 2.30. The molecule has 0 amide bonds. The minimum absolute atomic E-state index is 0.0553. The van der Waals surface area contributed by atoms with Crippen molar-refractivity contribution in [3.8, 4) is 0 Å². The van der Waals surface area contributed by atoms with E-state index in [2.05, 4.69) is 53.4 Å². The van der Waals surface area contributed by atoms with Crippen molar-refractivity contribution in [2.75, 3.05) is 72.4 Å². The lowest BCUT2D eigenvalue weighted by Gasteiger charge is -2.48. The van der Waals surface area contributed by atoms with E-state index in [1.165, 1.54) is 0 Å². The molecule has 100 heavy (non-hydrogen) atoms. The molecule has 2 fully saturated rings. The first-order valence-corrected chi connectivity index (χ1v) is 34.6. The molecule has 0 aliphatic carbocycles. The lowest BCUT2D eigenvalue weighted by Crippen LogP contribution is -2.65. The third kappa shape index (κ3) is 26.8. The van der Waals surface area contributed by atoms with Crippen molar-refractivity contribution in [3.05, 3.63) is 287 Å². The minimum atomic E-state index is -1.19. The van der Waals surface area contributed by atoms with Crippen molar-refractivity contribution in [3.63, 3.8) is 0 Å². The van der Waals surface area contributed by atoms with Gasteiger partial charge < -0.3 is 72.6 Å². The Kier molecular flexibility index (Phi) is 35.5. The largest absolute Gasteiger partial charge is 0.395 e. The molecule has 8 aromatic rings. The molecule has 2 aliphatic heterocycles. The van der Waals surface area contributed by atoms with E-state index in [1.54, 1.807) is 4.90 Å². The molecule has 0 saturated carbocycles. The fourth-order valence-corrected chi connectivity index (χ4v) is 11.7. The number of Topliss-reactive ketones (excluding diaryl/α,β-unsaturated/α-hetero) is 1. The SMILES string of the molecule is CCOCCN1C[C@H](O)[C@@H](O)[C@H](O)[C@H]1CO.CCOCCN1C[C@H](OCc2ccccc2)[C@@H](OCc2ccccc2)[C@H](OCc2ccccc2)[C@H]1COCc1ccccc1.O=C[C@H](OCc1ccccc1)[C@@H](OCc1ccccc1)[C@H](OCc1ccccc1)C(=O)COCc1ccccc1. The summed E-state index contributed by atoms with van der Waals surface area (Å²) in [5.41, 5.74) is 8.15. The number of likely N-dealkylation sites (tertiary alicyclic amines) is 2. The Labute approximate surface area is 589 Å². The highest BCUT2D eigenvalue weighted by Gasteiger charge is 2.46. The quantitative estimate of drug-likeness (QED) is 0.0208. The van der Waals surface area contributed by atoms with Crippen LogP contribution in [0.2, 0.25) is 0 Å². The van der Waals surface area contributed by atoms with E-state index in [0.717, 1.165) is 51.1 Å². The van der Waals surface area contributed by atoms with Crippen LogP contribution in [0.15, 0.2) is 243 Å². The molecule has 0 unspecified atom stereocenters. The molecule has 18 heteroatoms. The molecule has 534 valence electrons. The van der Waals surface area contributed by atoms with Crippen molar-refractivity contribution in [2.24, 2.45) is 0 Å². The van der Waals surface area contributed by atoms with Crippen LogP contribution < -0.4 is 0 Å². The third-order valence-electron chi connectivity index (χ3n) is 17.2. The van der Waals surface area contributed by atoms with Gasteiger partial charge in [-0.05, 0) is 58.4 Å². The second kappa shape index (κ2) is 45.4. The molecule has 0 spiro atoms. The van der Waals surface area contributed by atoms with E-state index in [-0.39, 0.29) is 76.3 Å². The lowest BCUT2D eigenvalue weighted by molar-refractivity contribution is -0.211. The topological polar surface area (TPSA) is 214 Å². The van der Waals surface area contributed by atoms with E-state index in [4.69, 9.17) is 52.5 Å². The molecule has 0 radical (unpaired) electrons. The Morgan fingerprint density at radius 3 is 1.22 bits per heavy atom. The van der Waals surface area contributed by atoms with Crippen LogP contribution >= 0.6 is 0 Å². The summed E-state index contributed by atoms with van der Waals surface area (Å²) in [5.74, 6) is -0.333. The standard InChI is InChI=1S/C38H45NO5.C34H34O6.C10H21NO5/c1-2-40-24-23-39-25-36(42-27-32-17-9-4-10-18-32)38(44-29-34-21-13-6-14-22-34)37(43-28-33-19-11-5-12-20-33)35(39)30-41-26-31-15-7-3-8-16-31;35-21-32(38-23-28-15-7-2-8-16-28)34(40-25-30-19-11-4-12-20-30)33(39-24-29-17-9-3-10-18-29)31(36)26-37-22-27-13-5-1-6-14-27;1-2-16-4-3-11-5-8(13)10(15)9(14)7(11)6-12/h3-22,35-38H,2,23-30H2,1H3;1-21,32-34H,22-26H2;7-10,12-15H,2-6H2,1H3/t35-,36+,37-,38-;32-,33+,34+;7-,8+,9-,10-/m101/s1. The van der Waals surface area contributed by atoms with Crippen molar-refractivity contribution in [1.29, 1.82) is 0 Å². The van der Waals surface area contributed by atoms with Gasteiger partial charge in [-0.1, -0.05) is 243 Å². The predicted octanol–water partition coefficient (Wildman–Crippen LogP) is 10.2. The van der Waals surface area contributed by atoms with Crippen LogP contribution in [-0.2, 0) is 110 Å². The number of benzene rings is 8. The Balaban J connectivity index is 0.000000210. The van der Waals surface area contributed by atoms with Gasteiger partial charge in [-0.25, -0.2) is 0 Å². The van der Waals surface area contributed by atoms with Crippen LogP contribution in [0, 0.1) is 0 Å². The van der Waals surface area contributed by atoms with Crippen LogP contribution in [0.4, 0.5) is 0 Å². The first-order chi connectivity index (χ1) is 49.1. The maximum atomic E-state index is 13.6. The van der Waals surface area contributed by atoms with Crippen molar-refractivity contribution in [1.82, 2.24) is 9.80 Å². The molecular formula is C82H100N2O16. The number of ketones is 1. The number of aldehydes is 1. The van der Waals surface area contributed by atoms with Gasteiger partial charge in [0.15, 0.2) is 12.1 Å². The van der Waals surface area contributed by atoms with Crippen LogP contribution in [0.5, 0.6) is 0 Å². The summed E-state index contributed by atoms with van der Waals surface area (Å²) < 4.78 is 61.9. The van der Waals surface area contributed by atoms with Crippen molar-refractivity contribution < 1.29 is 77.4 Å². The lowest BCUT2D eigenvalue weighted by atomic mass is 9.93. The van der Waals surface area contributed by atoms with E-state index in [1.807, 2.05) is 208 Å². The average Bonchev–Trinajstić information content (AvgIpc) is 0.797. The molecule has 2 aliphatic rings. The third-order valence-corrected chi connectivity index (χ3v) is 17.2. The van der Waals surface area contributed by atoms with Crippen LogP contribution in [0.3, 0.4) is 0 Å². The maximum absolute atomic E-state index is 13.6. The number of carbonyl (C=O) groups is 2. The van der Waals surface area contributed by atoms with E-state index in [0.29, 0.717) is 78.8 Å². The van der Waals surface area contributed by atoms with Gasteiger partial charge in [0, 0.05) is 39.4 Å². The maximum Gasteiger partial charge on any atom is 0.189 e. The Bertz CT molecular complexity index is 3400. The summed E-state index contributed by atoms with van der Waals surface area (Å²) in [4.78, 5) is 30.1. The zero-order chi connectivity index (χ0) is 70.2. The number of aliphatic hydroxyl groups excluding tert-OH is 4. The van der Waals surface area contributed by atoms with Crippen molar-refractivity contribution >= 4 is 12.1 Å². The smallest absolute Gasteiger partial charge is 0.189 e. The molecule has 8 aromatic carbocycles. The average molecular weight is 1370 g/mol. The van der Waals surface area contributed by atoms with Gasteiger partial charge in [-0.3, -0.25) is 14.6 Å². The number of ether oxygens (including phenoxy) is 10. The number of hydrogen-bond donors (Lipinski definition) is 4. The number of β-amino-alcohol motifs (C(OH)–C–C–N with tert-alkyl or cyclic N) is 1. The molecule has 11 atom stereocenters. The second-order valence-corrected chi connectivity index (χ2v) is 24.4. The second-order valence-electron chi connectivity index (χ2n) is 24.4. The van der Waals surface area contributed by atoms with E-state index >= 15 is 0 Å². The minimum Gasteiger partial charge on any atom is -0.395 e. The highest BCUT2D eigenvalue weighted by atomic mass is 16.6. The number of rotatable bonds is 39. The number of piperidine rings is 2. The van der Waals surface area contributed by atoms with Gasteiger partial charge in [-0.2, -0.15) is 0 Å². The van der Waals surface area contributed by atoms with Crippen LogP contribution in [-0.4, -0.2) is 182 Å². The van der Waals surface area contributed by atoms with Gasteiger partial charge in [0.2, 0.25) is 0 Å². The van der Waals surface area contributed by atoms with E-state index < -0.39 is 42.7 Å². The van der Waals surface area contributed by atoms with Gasteiger partial charge in [0.05, 0.1) is 104 Å². The molecule has 18 nitrogen and oxygen atoms in total. The molecule has 4 N–H and O–H groups in total. The fourth-order valence-electron chi connectivity index (χ4n) is 11.7. The van der Waals surface area contributed by atoms with Gasteiger partial charge in [0.1, 0.15) is 49.3 Å². The Morgan fingerprint density at radius 1 is 0.430 bits per heavy atom. The summed E-state index contributed by atoms with van der Waals surface area (Å²) >= 11 is 0.